The molecule has 1 amide bonds. The average Bonchev–Trinajstić information content (AvgIpc) is 3.58. The molecule has 33 heavy (non-hydrogen) atoms. The largest absolute Gasteiger partial charge is 0.492 e. The minimum absolute atomic E-state index is 0.0306. The smallest absolute Gasteiger partial charge is 0.307 e. The molecule has 1 saturated carbocycles. The summed E-state index contributed by atoms with van der Waals surface area (Å²) < 4.78 is 38.1. The summed E-state index contributed by atoms with van der Waals surface area (Å²) in [5, 5.41) is 2.80. The molecule has 1 aliphatic rings. The first-order chi connectivity index (χ1) is 15.7. The van der Waals surface area contributed by atoms with Gasteiger partial charge in [-0.1, -0.05) is 13.8 Å². The van der Waals surface area contributed by atoms with Gasteiger partial charge in [0.1, 0.15) is 10.6 Å². The minimum atomic E-state index is -3.77. The number of carbonyl (C=O) groups is 2. The lowest BCUT2D eigenvalue weighted by Crippen LogP contribution is -2.36. The summed E-state index contributed by atoms with van der Waals surface area (Å²) in [6.07, 6.45) is 2.48. The maximum Gasteiger partial charge on any atom is 0.307 e. The number of hydrogen-bond donors (Lipinski definition) is 1. The number of esters is 1. The van der Waals surface area contributed by atoms with Crippen molar-refractivity contribution in [2.75, 3.05) is 51.3 Å². The Morgan fingerprint density at radius 3 is 2.36 bits per heavy atom. The molecule has 1 aromatic rings. The van der Waals surface area contributed by atoms with Gasteiger partial charge in [0.15, 0.2) is 0 Å². The van der Waals surface area contributed by atoms with E-state index in [1.54, 1.807) is 39.8 Å². The van der Waals surface area contributed by atoms with E-state index >= 15 is 0 Å². The normalized spacial score (nSPS) is 13.9. The van der Waals surface area contributed by atoms with Crippen molar-refractivity contribution in [1.29, 1.82) is 0 Å². The molecular formula is C23H37N3O6S. The van der Waals surface area contributed by atoms with Gasteiger partial charge >= 0.3 is 5.97 Å². The number of ether oxygens (including phenoxy) is 2. The van der Waals surface area contributed by atoms with Crippen molar-refractivity contribution in [2.45, 2.75) is 51.9 Å². The summed E-state index contributed by atoms with van der Waals surface area (Å²) >= 11 is 0. The third-order valence-corrected chi connectivity index (χ3v) is 7.44. The summed E-state index contributed by atoms with van der Waals surface area (Å²) in [6.45, 7) is 9.71. The first-order valence-corrected chi connectivity index (χ1v) is 13.1. The molecule has 0 saturated heterocycles. The van der Waals surface area contributed by atoms with Crippen LogP contribution in [0.5, 0.6) is 5.75 Å². The van der Waals surface area contributed by atoms with E-state index in [2.05, 4.69) is 5.32 Å². The first kappa shape index (κ1) is 27.1. The highest BCUT2D eigenvalue weighted by Gasteiger charge is 2.28. The molecule has 9 nitrogen and oxygen atoms in total. The Kier molecular flexibility index (Phi) is 10.6. The molecule has 1 fully saturated rings. The van der Waals surface area contributed by atoms with Crippen molar-refractivity contribution >= 4 is 27.6 Å². The summed E-state index contributed by atoms with van der Waals surface area (Å²) in [6, 6.07) is 4.65. The van der Waals surface area contributed by atoms with Gasteiger partial charge in [0.25, 0.3) is 0 Å². The monoisotopic (exact) mass is 483 g/mol. The second-order valence-electron chi connectivity index (χ2n) is 7.97. The van der Waals surface area contributed by atoms with Gasteiger partial charge in [-0.25, -0.2) is 8.42 Å². The van der Waals surface area contributed by atoms with Crippen molar-refractivity contribution in [2.24, 2.45) is 5.92 Å². The molecule has 0 radical (unpaired) electrons. The quantitative estimate of drug-likeness (QED) is 0.382. The highest BCUT2D eigenvalue weighted by molar-refractivity contribution is 7.89. The summed E-state index contributed by atoms with van der Waals surface area (Å²) in [4.78, 5) is 26.5. The zero-order valence-electron chi connectivity index (χ0n) is 20.1. The van der Waals surface area contributed by atoms with E-state index in [0.29, 0.717) is 44.5 Å². The molecule has 1 aliphatic carbocycles. The van der Waals surface area contributed by atoms with Gasteiger partial charge < -0.3 is 14.8 Å². The molecule has 1 aromatic carbocycles. The highest BCUT2D eigenvalue weighted by atomic mass is 32.2. The van der Waals surface area contributed by atoms with Crippen LogP contribution in [0.4, 0.5) is 5.69 Å². The predicted octanol–water partition coefficient (Wildman–Crippen LogP) is 2.72. The number of benzene rings is 1. The number of anilines is 1. The molecule has 0 heterocycles. The first-order valence-electron chi connectivity index (χ1n) is 11.7. The summed E-state index contributed by atoms with van der Waals surface area (Å²) in [5.41, 5.74) is 0.381. The van der Waals surface area contributed by atoms with Gasteiger partial charge in [-0.05, 0) is 50.8 Å². The second kappa shape index (κ2) is 12.9. The van der Waals surface area contributed by atoms with E-state index < -0.39 is 10.0 Å². The molecule has 10 heteroatoms. The summed E-state index contributed by atoms with van der Waals surface area (Å²) in [7, 11) is -3.77. The number of nitrogens with one attached hydrogen (secondary N) is 1. The molecule has 0 atom stereocenters. The van der Waals surface area contributed by atoms with Gasteiger partial charge in [0.2, 0.25) is 15.9 Å². The molecule has 0 spiro atoms. The Morgan fingerprint density at radius 1 is 1.09 bits per heavy atom. The van der Waals surface area contributed by atoms with E-state index in [-0.39, 0.29) is 35.5 Å². The fourth-order valence-electron chi connectivity index (χ4n) is 3.55. The van der Waals surface area contributed by atoms with E-state index in [4.69, 9.17) is 9.47 Å². The fourth-order valence-corrected chi connectivity index (χ4v) is 5.17. The Balaban J connectivity index is 2.14. The van der Waals surface area contributed by atoms with Crippen LogP contribution in [0, 0.1) is 5.92 Å². The van der Waals surface area contributed by atoms with E-state index in [9.17, 15) is 18.0 Å². The lowest BCUT2D eigenvalue weighted by atomic mass is 10.2. The van der Waals surface area contributed by atoms with Crippen LogP contribution in [0.25, 0.3) is 0 Å². The van der Waals surface area contributed by atoms with Crippen LogP contribution >= 0.6 is 0 Å². The zero-order chi connectivity index (χ0) is 24.4. The van der Waals surface area contributed by atoms with Gasteiger partial charge in [-0.3, -0.25) is 14.5 Å². The van der Waals surface area contributed by atoms with Crippen LogP contribution in [0.15, 0.2) is 23.1 Å². The van der Waals surface area contributed by atoms with Crippen molar-refractivity contribution in [1.82, 2.24) is 9.21 Å². The molecule has 0 aliphatic heterocycles. The molecule has 1 N–H and O–H groups in total. The number of hydrogen-bond acceptors (Lipinski definition) is 7. The average molecular weight is 484 g/mol. The fraction of sp³-hybridized carbons (Fsp3) is 0.652. The van der Waals surface area contributed by atoms with Gasteiger partial charge in [-0.2, -0.15) is 4.31 Å². The van der Waals surface area contributed by atoms with E-state index in [0.717, 1.165) is 19.4 Å². The molecule has 2 rings (SSSR count). The Hall–Kier alpha value is -2.17. The third-order valence-electron chi connectivity index (χ3n) is 5.37. The van der Waals surface area contributed by atoms with Crippen molar-refractivity contribution in [3.05, 3.63) is 18.2 Å². The Bertz CT molecular complexity index is 897. The SMILES string of the molecule is CCOC(=O)CCN(CC(=O)Nc1ccc(OCC)c(S(=O)(=O)N(CC)CC)c1)CC1CC1. The standard InChI is InChI=1S/C23H37N3O6S/c1-5-26(6-2)33(29,30)21-15-19(11-12-20(21)31-7-3)24-22(27)17-25(16-18-9-10-18)14-13-23(28)32-8-4/h11-12,15,18H,5-10,13-14,16-17H2,1-4H3,(H,24,27). The van der Waals surface area contributed by atoms with Crippen LogP contribution in [0.1, 0.15) is 47.0 Å². The van der Waals surface area contributed by atoms with Crippen molar-refractivity contribution in [3.8, 4) is 5.75 Å². The van der Waals surface area contributed by atoms with Gasteiger partial charge in [0, 0.05) is 31.9 Å². The number of carbonyl (C=O) groups excluding carboxylic acids is 2. The number of sulfonamides is 1. The summed E-state index contributed by atoms with van der Waals surface area (Å²) in [5.74, 6) is 0.259. The van der Waals surface area contributed by atoms with E-state index in [1.165, 1.54) is 10.4 Å². The molecular weight excluding hydrogens is 446 g/mol. The van der Waals surface area contributed by atoms with Crippen LogP contribution in [-0.4, -0.2) is 75.4 Å². The maximum atomic E-state index is 13.1. The van der Waals surface area contributed by atoms with Gasteiger partial charge in [0.05, 0.1) is 26.2 Å². The van der Waals surface area contributed by atoms with Crippen molar-refractivity contribution in [3.63, 3.8) is 0 Å². The van der Waals surface area contributed by atoms with Crippen molar-refractivity contribution < 1.29 is 27.5 Å². The molecule has 0 aromatic heterocycles. The highest BCUT2D eigenvalue weighted by Crippen LogP contribution is 2.31. The topological polar surface area (TPSA) is 105 Å². The lowest BCUT2D eigenvalue weighted by Gasteiger charge is -2.22. The van der Waals surface area contributed by atoms with Crippen LogP contribution in [-0.2, 0) is 24.3 Å². The molecule has 0 unspecified atom stereocenters. The number of amides is 1. The maximum absolute atomic E-state index is 13.1. The molecule has 186 valence electrons. The number of rotatable bonds is 15. The van der Waals surface area contributed by atoms with E-state index in [1.807, 2.05) is 4.90 Å². The van der Waals surface area contributed by atoms with Crippen LogP contribution in [0.3, 0.4) is 0 Å². The van der Waals surface area contributed by atoms with Gasteiger partial charge in [-0.15, -0.1) is 0 Å². The minimum Gasteiger partial charge on any atom is -0.492 e. The van der Waals surface area contributed by atoms with Crippen LogP contribution < -0.4 is 10.1 Å². The second-order valence-corrected chi connectivity index (χ2v) is 9.87. The Labute approximate surface area is 197 Å². The lowest BCUT2D eigenvalue weighted by molar-refractivity contribution is -0.143. The predicted molar refractivity (Wildman–Crippen MR) is 127 cm³/mol. The zero-order valence-corrected chi connectivity index (χ0v) is 20.9. The third kappa shape index (κ3) is 8.28. The number of nitrogens with zero attached hydrogens (tertiary/aromatic N) is 2. The molecule has 0 bridgehead atoms. The van der Waals surface area contributed by atoms with Crippen LogP contribution in [0.2, 0.25) is 0 Å². The Morgan fingerprint density at radius 2 is 1.79 bits per heavy atom.